The Bertz CT molecular complexity index is 153. The lowest BCUT2D eigenvalue weighted by atomic mass is 10.6. The SMILES string of the molecule is CCC.Cc1cn(C)nn1. The normalized spacial score (nSPS) is 8.40. The predicted octanol–water partition coefficient (Wildman–Crippen LogP) is 1.54. The quantitative estimate of drug-likeness (QED) is 0.548. The summed E-state index contributed by atoms with van der Waals surface area (Å²) in [5.41, 5.74) is 0.961. The van der Waals surface area contributed by atoms with Crippen molar-refractivity contribution in [3.05, 3.63) is 11.9 Å². The highest BCUT2D eigenvalue weighted by Gasteiger charge is 1.83. The molecule has 58 valence electrons. The van der Waals surface area contributed by atoms with Gasteiger partial charge in [-0.3, -0.25) is 4.68 Å². The topological polar surface area (TPSA) is 30.7 Å². The second-order valence-electron chi connectivity index (χ2n) is 2.24. The van der Waals surface area contributed by atoms with Gasteiger partial charge in [-0.1, -0.05) is 25.5 Å². The van der Waals surface area contributed by atoms with E-state index >= 15 is 0 Å². The van der Waals surface area contributed by atoms with Crippen LogP contribution in [0.1, 0.15) is 26.0 Å². The van der Waals surface area contributed by atoms with Crippen LogP contribution in [0.25, 0.3) is 0 Å². The van der Waals surface area contributed by atoms with Crippen LogP contribution in [0.3, 0.4) is 0 Å². The van der Waals surface area contributed by atoms with Gasteiger partial charge in [0.2, 0.25) is 0 Å². The van der Waals surface area contributed by atoms with Crippen molar-refractivity contribution in [2.75, 3.05) is 0 Å². The van der Waals surface area contributed by atoms with Gasteiger partial charge >= 0.3 is 0 Å². The second kappa shape index (κ2) is 4.97. The van der Waals surface area contributed by atoms with E-state index in [1.165, 1.54) is 6.42 Å². The Morgan fingerprint density at radius 1 is 1.50 bits per heavy atom. The van der Waals surface area contributed by atoms with Crippen LogP contribution >= 0.6 is 0 Å². The molecule has 3 nitrogen and oxygen atoms in total. The molecule has 0 atom stereocenters. The molecule has 1 aromatic heterocycles. The highest BCUT2D eigenvalue weighted by molar-refractivity contribution is 4.85. The molecule has 0 radical (unpaired) electrons. The Kier molecular flexibility index (Phi) is 4.54. The fraction of sp³-hybridized carbons (Fsp3) is 0.714. The van der Waals surface area contributed by atoms with Crippen LogP contribution in [0.15, 0.2) is 6.20 Å². The van der Waals surface area contributed by atoms with E-state index in [0.717, 1.165) is 5.69 Å². The fourth-order valence-electron chi connectivity index (χ4n) is 0.463. The Morgan fingerprint density at radius 2 is 2.00 bits per heavy atom. The maximum Gasteiger partial charge on any atom is 0.0796 e. The molecule has 1 rings (SSSR count). The second-order valence-corrected chi connectivity index (χ2v) is 2.24. The molecule has 0 unspecified atom stereocenters. The first-order valence-electron chi connectivity index (χ1n) is 3.53. The van der Waals surface area contributed by atoms with Gasteiger partial charge in [-0.25, -0.2) is 0 Å². The van der Waals surface area contributed by atoms with Crippen LogP contribution in [0.5, 0.6) is 0 Å². The number of rotatable bonds is 0. The maximum absolute atomic E-state index is 3.73. The lowest BCUT2D eigenvalue weighted by molar-refractivity contribution is 0.714. The van der Waals surface area contributed by atoms with E-state index in [1.807, 2.05) is 20.2 Å². The molecule has 0 spiro atoms. The molecule has 0 saturated heterocycles. The Hall–Kier alpha value is -0.860. The largest absolute Gasteiger partial charge is 0.255 e. The summed E-state index contributed by atoms with van der Waals surface area (Å²) in [6.45, 7) is 6.16. The van der Waals surface area contributed by atoms with E-state index in [1.54, 1.807) is 4.68 Å². The molecular weight excluding hydrogens is 126 g/mol. The molecule has 0 aliphatic carbocycles. The molecule has 1 aromatic rings. The first-order chi connectivity index (χ1) is 4.70. The molecule has 0 amide bonds. The standard InChI is InChI=1S/C4H7N3.C3H8/c1-4-3-7(2)6-5-4;1-3-2/h3H,1-2H3;3H2,1-2H3. The van der Waals surface area contributed by atoms with Gasteiger partial charge in [-0.2, -0.15) is 0 Å². The zero-order chi connectivity index (χ0) is 7.98. The van der Waals surface area contributed by atoms with Crippen molar-refractivity contribution in [3.63, 3.8) is 0 Å². The van der Waals surface area contributed by atoms with Crippen LogP contribution in [0, 0.1) is 6.92 Å². The predicted molar refractivity (Wildman–Crippen MR) is 41.7 cm³/mol. The van der Waals surface area contributed by atoms with Gasteiger partial charge in [-0.15, -0.1) is 5.10 Å². The van der Waals surface area contributed by atoms with E-state index in [2.05, 4.69) is 24.2 Å². The van der Waals surface area contributed by atoms with E-state index in [4.69, 9.17) is 0 Å². The zero-order valence-corrected chi connectivity index (χ0v) is 7.13. The van der Waals surface area contributed by atoms with Crippen LogP contribution in [-0.4, -0.2) is 15.0 Å². The lowest BCUT2D eigenvalue weighted by Gasteiger charge is -1.75. The van der Waals surface area contributed by atoms with Gasteiger partial charge in [-0.05, 0) is 6.92 Å². The van der Waals surface area contributed by atoms with Crippen molar-refractivity contribution in [2.24, 2.45) is 7.05 Å². The number of aromatic nitrogens is 3. The molecular formula is C7H15N3. The van der Waals surface area contributed by atoms with Crippen molar-refractivity contribution in [3.8, 4) is 0 Å². The van der Waals surface area contributed by atoms with Crippen molar-refractivity contribution < 1.29 is 0 Å². The van der Waals surface area contributed by atoms with Crippen LogP contribution < -0.4 is 0 Å². The van der Waals surface area contributed by atoms with Gasteiger partial charge in [0, 0.05) is 13.2 Å². The summed E-state index contributed by atoms with van der Waals surface area (Å²) in [4.78, 5) is 0. The molecule has 0 bridgehead atoms. The maximum atomic E-state index is 3.73. The zero-order valence-electron chi connectivity index (χ0n) is 7.13. The molecule has 0 aliphatic rings. The summed E-state index contributed by atoms with van der Waals surface area (Å²) < 4.78 is 1.68. The molecule has 0 fully saturated rings. The monoisotopic (exact) mass is 141 g/mol. The highest BCUT2D eigenvalue weighted by Crippen LogP contribution is 1.82. The smallest absolute Gasteiger partial charge is 0.0796 e. The van der Waals surface area contributed by atoms with Crippen LogP contribution in [0.4, 0.5) is 0 Å². The van der Waals surface area contributed by atoms with Crippen molar-refractivity contribution >= 4 is 0 Å². The molecule has 0 N–H and O–H groups in total. The molecule has 3 heteroatoms. The first-order valence-corrected chi connectivity index (χ1v) is 3.53. The summed E-state index contributed by atoms with van der Waals surface area (Å²) in [5.74, 6) is 0. The fourth-order valence-corrected chi connectivity index (χ4v) is 0.463. The summed E-state index contributed by atoms with van der Waals surface area (Å²) in [6.07, 6.45) is 3.11. The molecule has 0 saturated carbocycles. The van der Waals surface area contributed by atoms with Crippen molar-refractivity contribution in [1.29, 1.82) is 0 Å². The minimum atomic E-state index is 0.961. The third-order valence-electron chi connectivity index (χ3n) is 0.717. The van der Waals surface area contributed by atoms with Gasteiger partial charge in [0.1, 0.15) is 0 Å². The van der Waals surface area contributed by atoms with Crippen LogP contribution in [-0.2, 0) is 7.05 Å². The molecule has 1 heterocycles. The number of hydrogen-bond donors (Lipinski definition) is 0. The van der Waals surface area contributed by atoms with E-state index < -0.39 is 0 Å². The third-order valence-corrected chi connectivity index (χ3v) is 0.717. The van der Waals surface area contributed by atoms with Crippen LogP contribution in [0.2, 0.25) is 0 Å². The lowest BCUT2D eigenvalue weighted by Crippen LogP contribution is -1.85. The van der Waals surface area contributed by atoms with E-state index in [9.17, 15) is 0 Å². The summed E-state index contributed by atoms with van der Waals surface area (Å²) in [6, 6.07) is 0. The summed E-state index contributed by atoms with van der Waals surface area (Å²) in [5, 5.41) is 7.41. The minimum absolute atomic E-state index is 0.961. The molecule has 0 aliphatic heterocycles. The average molecular weight is 141 g/mol. The van der Waals surface area contributed by atoms with Gasteiger partial charge in [0.05, 0.1) is 5.69 Å². The Labute approximate surface area is 62.1 Å². The minimum Gasteiger partial charge on any atom is -0.255 e. The molecule has 0 aromatic carbocycles. The number of nitrogens with zero attached hydrogens (tertiary/aromatic N) is 3. The Morgan fingerprint density at radius 3 is 2.10 bits per heavy atom. The van der Waals surface area contributed by atoms with Gasteiger partial charge in [0.15, 0.2) is 0 Å². The highest BCUT2D eigenvalue weighted by atomic mass is 15.4. The van der Waals surface area contributed by atoms with E-state index in [-0.39, 0.29) is 0 Å². The first kappa shape index (κ1) is 9.14. The Balaban J connectivity index is 0.000000236. The van der Waals surface area contributed by atoms with E-state index in [0.29, 0.717) is 0 Å². The molecule has 10 heavy (non-hydrogen) atoms. The van der Waals surface area contributed by atoms with Crippen molar-refractivity contribution in [1.82, 2.24) is 15.0 Å². The summed E-state index contributed by atoms with van der Waals surface area (Å²) in [7, 11) is 1.85. The van der Waals surface area contributed by atoms with Gasteiger partial charge < -0.3 is 0 Å². The third kappa shape index (κ3) is 4.06. The number of hydrogen-bond acceptors (Lipinski definition) is 2. The van der Waals surface area contributed by atoms with Crippen molar-refractivity contribution in [2.45, 2.75) is 27.2 Å². The number of aryl methyl sites for hydroxylation is 2. The average Bonchev–Trinajstić information content (AvgIpc) is 2.17. The van der Waals surface area contributed by atoms with Gasteiger partial charge in [0.25, 0.3) is 0 Å². The summed E-state index contributed by atoms with van der Waals surface area (Å²) >= 11 is 0.